The molecule has 0 bridgehead atoms. The summed E-state index contributed by atoms with van der Waals surface area (Å²) in [6.07, 6.45) is 2.14. The quantitative estimate of drug-likeness (QED) is 0.757. The van der Waals surface area contributed by atoms with Gasteiger partial charge >= 0.3 is 0 Å². The Morgan fingerprint density at radius 3 is 2.61 bits per heavy atom. The van der Waals surface area contributed by atoms with Gasteiger partial charge in [0.2, 0.25) is 17.7 Å². The maximum absolute atomic E-state index is 14.0. The summed E-state index contributed by atoms with van der Waals surface area (Å²) in [5, 5.41) is 2.27. The molecule has 2 saturated heterocycles. The summed E-state index contributed by atoms with van der Waals surface area (Å²) in [5.41, 5.74) is 0.0159. The van der Waals surface area contributed by atoms with E-state index < -0.39 is 11.2 Å². The predicted molar refractivity (Wildman–Crippen MR) is 102 cm³/mol. The molecule has 0 aliphatic carbocycles. The molecule has 0 saturated carbocycles. The minimum atomic E-state index is -0.803. The standard InChI is InChI=1S/C20H24ClFN2O4/c1-20(11-16(25)23-19(20)27)6-3-17(26)24-7-4-12(5-8-24)13-9-14(22)18(21)15(10-13)28-2/h9-10,12H,3-8,11H2,1-2H3,(H,23,25,27). The Balaban J connectivity index is 1.55. The summed E-state index contributed by atoms with van der Waals surface area (Å²) in [4.78, 5) is 37.6. The van der Waals surface area contributed by atoms with Gasteiger partial charge in [0.25, 0.3) is 0 Å². The number of piperidine rings is 1. The number of hydrogen-bond donors (Lipinski definition) is 1. The third kappa shape index (κ3) is 4.14. The number of hydrogen-bond acceptors (Lipinski definition) is 4. The molecule has 1 atom stereocenters. The fourth-order valence-electron chi connectivity index (χ4n) is 3.93. The van der Waals surface area contributed by atoms with Gasteiger partial charge in [-0.25, -0.2) is 4.39 Å². The zero-order chi connectivity index (χ0) is 20.5. The van der Waals surface area contributed by atoms with Crippen LogP contribution in [0.4, 0.5) is 4.39 Å². The Bertz CT molecular complexity index is 808. The molecule has 1 aromatic rings. The van der Waals surface area contributed by atoms with Crippen LogP contribution in [0.5, 0.6) is 5.75 Å². The van der Waals surface area contributed by atoms with Gasteiger partial charge in [-0.2, -0.15) is 0 Å². The summed E-state index contributed by atoms with van der Waals surface area (Å²) in [6.45, 7) is 2.85. The lowest BCUT2D eigenvalue weighted by atomic mass is 9.83. The van der Waals surface area contributed by atoms with Crippen molar-refractivity contribution in [1.82, 2.24) is 10.2 Å². The molecule has 28 heavy (non-hydrogen) atoms. The number of methoxy groups -OCH3 is 1. The van der Waals surface area contributed by atoms with Crippen LogP contribution in [0, 0.1) is 11.2 Å². The predicted octanol–water partition coefficient (Wildman–Crippen LogP) is 3.03. The molecular weight excluding hydrogens is 387 g/mol. The largest absolute Gasteiger partial charge is 0.495 e. The molecule has 152 valence electrons. The van der Waals surface area contributed by atoms with Gasteiger partial charge < -0.3 is 9.64 Å². The van der Waals surface area contributed by atoms with E-state index in [4.69, 9.17) is 16.3 Å². The van der Waals surface area contributed by atoms with Gasteiger partial charge in [-0.15, -0.1) is 0 Å². The molecule has 2 aliphatic rings. The van der Waals surface area contributed by atoms with Crippen LogP contribution in [0.25, 0.3) is 0 Å². The first-order valence-electron chi connectivity index (χ1n) is 9.38. The van der Waals surface area contributed by atoms with Gasteiger partial charge in [-0.05, 0) is 42.9 Å². The highest BCUT2D eigenvalue weighted by Gasteiger charge is 2.42. The van der Waals surface area contributed by atoms with Crippen molar-refractivity contribution in [2.75, 3.05) is 20.2 Å². The van der Waals surface area contributed by atoms with Crippen LogP contribution in [0.3, 0.4) is 0 Å². The summed E-state index contributed by atoms with van der Waals surface area (Å²) >= 11 is 5.89. The minimum Gasteiger partial charge on any atom is -0.495 e. The summed E-state index contributed by atoms with van der Waals surface area (Å²) < 4.78 is 19.1. The Kier molecular flexibility index (Phi) is 5.93. The smallest absolute Gasteiger partial charge is 0.233 e. The van der Waals surface area contributed by atoms with Crippen molar-refractivity contribution in [2.24, 2.45) is 5.41 Å². The lowest BCUT2D eigenvalue weighted by Gasteiger charge is -2.33. The number of carbonyl (C=O) groups excluding carboxylic acids is 3. The highest BCUT2D eigenvalue weighted by molar-refractivity contribution is 6.32. The van der Waals surface area contributed by atoms with E-state index >= 15 is 0 Å². The van der Waals surface area contributed by atoms with E-state index in [9.17, 15) is 18.8 Å². The Hall–Kier alpha value is -2.15. The highest BCUT2D eigenvalue weighted by atomic mass is 35.5. The number of nitrogens with one attached hydrogen (secondary N) is 1. The van der Waals surface area contributed by atoms with Crippen LogP contribution in [0.2, 0.25) is 5.02 Å². The van der Waals surface area contributed by atoms with E-state index in [2.05, 4.69) is 5.32 Å². The van der Waals surface area contributed by atoms with Crippen LogP contribution >= 0.6 is 11.6 Å². The molecule has 3 rings (SSSR count). The number of amides is 3. The van der Waals surface area contributed by atoms with Crippen LogP contribution in [0.1, 0.15) is 50.5 Å². The number of benzene rings is 1. The third-order valence-corrected chi connectivity index (χ3v) is 6.17. The maximum atomic E-state index is 14.0. The van der Waals surface area contributed by atoms with Gasteiger partial charge in [-0.3, -0.25) is 19.7 Å². The molecular formula is C20H24ClFN2O4. The molecule has 1 N–H and O–H groups in total. The van der Waals surface area contributed by atoms with Crippen molar-refractivity contribution in [3.05, 3.63) is 28.5 Å². The van der Waals surface area contributed by atoms with Gasteiger partial charge in [0.15, 0.2) is 0 Å². The zero-order valence-electron chi connectivity index (χ0n) is 16.0. The van der Waals surface area contributed by atoms with Crippen molar-refractivity contribution in [3.8, 4) is 5.75 Å². The number of imide groups is 1. The van der Waals surface area contributed by atoms with Crippen LogP contribution in [-0.4, -0.2) is 42.8 Å². The zero-order valence-corrected chi connectivity index (χ0v) is 16.8. The van der Waals surface area contributed by atoms with Crippen molar-refractivity contribution < 1.29 is 23.5 Å². The average molecular weight is 411 g/mol. The molecule has 0 spiro atoms. The van der Waals surface area contributed by atoms with E-state index in [0.29, 0.717) is 38.1 Å². The second-order valence-corrected chi connectivity index (χ2v) is 8.17. The van der Waals surface area contributed by atoms with Crippen molar-refractivity contribution in [2.45, 2.75) is 44.9 Å². The fraction of sp³-hybridized carbons (Fsp3) is 0.550. The maximum Gasteiger partial charge on any atom is 0.233 e. The molecule has 1 unspecified atom stereocenters. The molecule has 0 aromatic heterocycles. The SMILES string of the molecule is COc1cc(C2CCN(C(=O)CCC3(C)CC(=O)NC3=O)CC2)cc(F)c1Cl. The lowest BCUT2D eigenvalue weighted by Crippen LogP contribution is -2.39. The second-order valence-electron chi connectivity index (χ2n) is 7.79. The van der Waals surface area contributed by atoms with E-state index in [-0.39, 0.29) is 41.5 Å². The minimum absolute atomic E-state index is 0.0216. The average Bonchev–Trinajstić information content (AvgIpc) is 2.94. The normalized spacial score (nSPS) is 23.1. The number of nitrogens with zero attached hydrogens (tertiary/aromatic N) is 1. The number of rotatable bonds is 5. The molecule has 2 aliphatic heterocycles. The van der Waals surface area contributed by atoms with E-state index in [0.717, 1.165) is 5.56 Å². The number of carbonyl (C=O) groups is 3. The second kappa shape index (κ2) is 8.07. The van der Waals surface area contributed by atoms with Crippen molar-refractivity contribution in [3.63, 3.8) is 0 Å². The Morgan fingerprint density at radius 2 is 2.04 bits per heavy atom. The highest BCUT2D eigenvalue weighted by Crippen LogP contribution is 2.36. The molecule has 6 nitrogen and oxygen atoms in total. The van der Waals surface area contributed by atoms with Crippen molar-refractivity contribution >= 4 is 29.3 Å². The molecule has 0 radical (unpaired) electrons. The summed E-state index contributed by atoms with van der Waals surface area (Å²) in [6, 6.07) is 3.19. The Morgan fingerprint density at radius 1 is 1.36 bits per heavy atom. The fourth-order valence-corrected chi connectivity index (χ4v) is 4.12. The molecule has 2 heterocycles. The van der Waals surface area contributed by atoms with E-state index in [1.807, 2.05) is 0 Å². The van der Waals surface area contributed by atoms with Gasteiger partial charge in [0.1, 0.15) is 16.6 Å². The number of ether oxygens (including phenoxy) is 1. The van der Waals surface area contributed by atoms with Crippen molar-refractivity contribution in [1.29, 1.82) is 0 Å². The first kappa shape index (κ1) is 20.6. The molecule has 1 aromatic carbocycles. The summed E-state index contributed by atoms with van der Waals surface area (Å²) in [7, 11) is 1.45. The first-order chi connectivity index (χ1) is 13.2. The van der Waals surface area contributed by atoms with Crippen LogP contribution in [-0.2, 0) is 14.4 Å². The van der Waals surface area contributed by atoms with Gasteiger partial charge in [0, 0.05) is 25.9 Å². The summed E-state index contributed by atoms with van der Waals surface area (Å²) in [5.74, 6) is -0.679. The monoisotopic (exact) mass is 410 g/mol. The van der Waals surface area contributed by atoms with Crippen LogP contribution < -0.4 is 10.1 Å². The molecule has 3 amide bonds. The first-order valence-corrected chi connectivity index (χ1v) is 9.76. The van der Waals surface area contributed by atoms with Gasteiger partial charge in [0.05, 0.1) is 12.5 Å². The molecule has 8 heteroatoms. The lowest BCUT2D eigenvalue weighted by molar-refractivity contribution is -0.133. The van der Waals surface area contributed by atoms with Crippen LogP contribution in [0.15, 0.2) is 12.1 Å². The molecule has 2 fully saturated rings. The van der Waals surface area contributed by atoms with E-state index in [1.165, 1.54) is 13.2 Å². The third-order valence-electron chi connectivity index (χ3n) is 5.80. The van der Waals surface area contributed by atoms with Gasteiger partial charge in [-0.1, -0.05) is 18.5 Å². The Labute approximate surface area is 168 Å². The van der Waals surface area contributed by atoms with E-state index in [1.54, 1.807) is 17.9 Å². The number of halogens is 2. The number of likely N-dealkylation sites (tertiary alicyclic amines) is 1. The topological polar surface area (TPSA) is 75.7 Å².